The number of benzene rings is 2. The van der Waals surface area contributed by atoms with Crippen molar-refractivity contribution in [1.29, 1.82) is 5.41 Å². The number of guanidine groups is 1. The van der Waals surface area contributed by atoms with Crippen LogP contribution in [0.1, 0.15) is 19.8 Å². The lowest BCUT2D eigenvalue weighted by Crippen LogP contribution is -2.55. The lowest BCUT2D eigenvalue weighted by Gasteiger charge is -2.33. The zero-order valence-electron chi connectivity index (χ0n) is 18.9. The Morgan fingerprint density at radius 1 is 1.24 bits per heavy atom. The molecular formula is C23H29N5O5S. The minimum absolute atomic E-state index is 0.0538. The van der Waals surface area contributed by atoms with Crippen LogP contribution in [0.25, 0.3) is 10.8 Å². The average Bonchev–Trinajstić information content (AvgIpc) is 3.62. The molecule has 2 amide bonds. The van der Waals surface area contributed by atoms with E-state index in [9.17, 15) is 18.0 Å². The van der Waals surface area contributed by atoms with Crippen molar-refractivity contribution in [2.45, 2.75) is 41.6 Å². The van der Waals surface area contributed by atoms with Gasteiger partial charge >= 0.3 is 6.03 Å². The fraction of sp³-hybridized carbons (Fsp3) is 0.435. The second kappa shape index (κ2) is 9.22. The number of fused-ring (bicyclic) bond motifs is 1. The molecule has 1 aliphatic heterocycles. The van der Waals surface area contributed by atoms with Gasteiger partial charge in [0.05, 0.1) is 17.6 Å². The molecule has 1 heterocycles. The van der Waals surface area contributed by atoms with E-state index in [1.54, 1.807) is 17.0 Å². The fourth-order valence-electron chi connectivity index (χ4n) is 4.17. The van der Waals surface area contributed by atoms with Gasteiger partial charge in [-0.2, -0.15) is 0 Å². The topological polar surface area (TPSA) is 155 Å². The third kappa shape index (κ3) is 4.85. The van der Waals surface area contributed by atoms with Crippen LogP contribution in [0, 0.1) is 5.41 Å². The number of carbonyl (C=O) groups is 2. The number of sulfone groups is 1. The van der Waals surface area contributed by atoms with Gasteiger partial charge in [0, 0.05) is 19.6 Å². The van der Waals surface area contributed by atoms with Crippen LogP contribution in [0.3, 0.4) is 0 Å². The molecule has 0 bridgehead atoms. The maximum atomic E-state index is 13.2. The van der Waals surface area contributed by atoms with Crippen molar-refractivity contribution in [3.05, 3.63) is 42.5 Å². The van der Waals surface area contributed by atoms with Gasteiger partial charge in [-0.25, -0.2) is 13.2 Å². The first-order valence-corrected chi connectivity index (χ1v) is 12.7. The zero-order chi connectivity index (χ0) is 24.5. The molecule has 11 heteroatoms. The van der Waals surface area contributed by atoms with E-state index in [0.717, 1.165) is 10.8 Å². The molecule has 10 nitrogen and oxygen atoms in total. The summed E-state index contributed by atoms with van der Waals surface area (Å²) in [7, 11) is -3.93. The number of morpholine rings is 1. The SMILES string of the molecule is CC(C(=O)C1(NC(=O)NCC2CN(C(=N)N)CCO2)CC1)S(=O)(=O)c1ccc2ccccc2c1. The van der Waals surface area contributed by atoms with E-state index in [-0.39, 0.29) is 23.5 Å². The summed E-state index contributed by atoms with van der Waals surface area (Å²) in [6.45, 7) is 2.82. The molecule has 0 aromatic heterocycles. The Morgan fingerprint density at radius 3 is 2.62 bits per heavy atom. The lowest BCUT2D eigenvalue weighted by atomic mass is 10.1. The minimum atomic E-state index is -3.93. The van der Waals surface area contributed by atoms with E-state index in [1.807, 2.05) is 24.3 Å². The van der Waals surface area contributed by atoms with Crippen LogP contribution in [-0.2, 0) is 19.4 Å². The summed E-state index contributed by atoms with van der Waals surface area (Å²) in [6.07, 6.45) is 0.422. The molecule has 4 rings (SSSR count). The second-order valence-electron chi connectivity index (χ2n) is 8.80. The molecule has 182 valence electrons. The third-order valence-electron chi connectivity index (χ3n) is 6.43. The fourth-order valence-corrected chi connectivity index (χ4v) is 5.63. The van der Waals surface area contributed by atoms with Gasteiger partial charge in [-0.15, -0.1) is 0 Å². The smallest absolute Gasteiger partial charge is 0.315 e. The molecule has 5 N–H and O–H groups in total. The van der Waals surface area contributed by atoms with Gasteiger partial charge in [0.15, 0.2) is 21.6 Å². The number of nitrogens with one attached hydrogen (secondary N) is 3. The van der Waals surface area contributed by atoms with Crippen molar-refractivity contribution in [2.75, 3.05) is 26.2 Å². The highest BCUT2D eigenvalue weighted by Crippen LogP contribution is 2.39. The standard InChI is InChI=1S/C23H29N5O5S/c1-15(34(31,32)19-7-6-16-4-2-3-5-17(16)12-19)20(29)23(8-9-23)27-22(30)26-13-18-14-28(21(24)25)10-11-33-18/h2-7,12,15,18H,8-11,13-14H2,1H3,(H3,24,25)(H2,26,27,30). The first-order valence-electron chi connectivity index (χ1n) is 11.2. The highest BCUT2D eigenvalue weighted by atomic mass is 32.2. The van der Waals surface area contributed by atoms with Crippen LogP contribution in [-0.4, -0.2) is 74.2 Å². The summed E-state index contributed by atoms with van der Waals surface area (Å²) in [4.78, 5) is 27.4. The van der Waals surface area contributed by atoms with E-state index >= 15 is 0 Å². The van der Waals surface area contributed by atoms with Crippen molar-refractivity contribution in [3.63, 3.8) is 0 Å². The number of Topliss-reactive ketones (excluding diaryl/α,β-unsaturated/α-hetero) is 1. The average molecular weight is 488 g/mol. The van der Waals surface area contributed by atoms with Crippen LogP contribution in [0.5, 0.6) is 0 Å². The van der Waals surface area contributed by atoms with Gasteiger partial charge in [0.25, 0.3) is 0 Å². The van der Waals surface area contributed by atoms with Gasteiger partial charge in [-0.1, -0.05) is 30.3 Å². The Balaban J connectivity index is 1.38. The highest BCUT2D eigenvalue weighted by Gasteiger charge is 2.54. The molecule has 1 saturated heterocycles. The lowest BCUT2D eigenvalue weighted by molar-refractivity contribution is -0.121. The number of nitrogens with two attached hydrogens (primary N) is 1. The Hall–Kier alpha value is -3.18. The molecule has 0 spiro atoms. The Morgan fingerprint density at radius 2 is 1.94 bits per heavy atom. The van der Waals surface area contributed by atoms with Crippen molar-refractivity contribution >= 4 is 38.4 Å². The normalized spacial score (nSPS) is 20.4. The van der Waals surface area contributed by atoms with Crippen molar-refractivity contribution in [3.8, 4) is 0 Å². The summed E-state index contributed by atoms with van der Waals surface area (Å²) in [5.74, 6) is -0.575. The number of hydrogen-bond donors (Lipinski definition) is 4. The summed E-state index contributed by atoms with van der Waals surface area (Å²) in [6, 6.07) is 11.6. The zero-order valence-corrected chi connectivity index (χ0v) is 19.7. The first kappa shape index (κ1) is 24.0. The van der Waals surface area contributed by atoms with Gasteiger partial charge < -0.3 is 26.0 Å². The number of ether oxygens (including phenoxy) is 1. The third-order valence-corrected chi connectivity index (χ3v) is 8.48. The second-order valence-corrected chi connectivity index (χ2v) is 11.1. The van der Waals surface area contributed by atoms with Crippen molar-refractivity contribution < 1.29 is 22.7 Å². The molecule has 2 aromatic carbocycles. The maximum Gasteiger partial charge on any atom is 0.315 e. The maximum absolute atomic E-state index is 13.2. The number of ketones is 1. The Labute approximate surface area is 198 Å². The number of rotatable bonds is 7. The van der Waals surface area contributed by atoms with E-state index in [1.165, 1.54) is 13.0 Å². The Bertz CT molecular complexity index is 1230. The van der Waals surface area contributed by atoms with Crippen LogP contribution in [0.15, 0.2) is 47.4 Å². The molecule has 2 unspecified atom stereocenters. The first-order chi connectivity index (χ1) is 16.1. The van der Waals surface area contributed by atoms with E-state index < -0.39 is 32.4 Å². The summed E-state index contributed by atoms with van der Waals surface area (Å²) < 4.78 is 32.0. The van der Waals surface area contributed by atoms with Crippen molar-refractivity contribution in [1.82, 2.24) is 15.5 Å². The number of amides is 2. The molecule has 1 aliphatic carbocycles. The molecule has 2 aromatic rings. The van der Waals surface area contributed by atoms with Gasteiger partial charge in [0.2, 0.25) is 0 Å². The molecule has 34 heavy (non-hydrogen) atoms. The number of urea groups is 1. The summed E-state index contributed by atoms with van der Waals surface area (Å²) in [5.41, 5.74) is 4.32. The predicted molar refractivity (Wildman–Crippen MR) is 127 cm³/mol. The van der Waals surface area contributed by atoms with E-state index in [2.05, 4.69) is 10.6 Å². The molecule has 0 radical (unpaired) electrons. The minimum Gasteiger partial charge on any atom is -0.373 e. The molecule has 2 fully saturated rings. The molecule has 2 aliphatic rings. The quantitative estimate of drug-likeness (QED) is 0.335. The van der Waals surface area contributed by atoms with E-state index in [0.29, 0.717) is 32.5 Å². The highest BCUT2D eigenvalue weighted by molar-refractivity contribution is 7.92. The number of nitrogens with zero attached hydrogens (tertiary/aromatic N) is 1. The molecule has 2 atom stereocenters. The Kier molecular flexibility index (Phi) is 6.50. The number of hydrogen-bond acceptors (Lipinski definition) is 6. The number of carbonyl (C=O) groups excluding carboxylic acids is 2. The van der Waals surface area contributed by atoms with Crippen LogP contribution in [0.2, 0.25) is 0 Å². The van der Waals surface area contributed by atoms with Crippen LogP contribution >= 0.6 is 0 Å². The summed E-state index contributed by atoms with van der Waals surface area (Å²) in [5, 5.41) is 13.3. The van der Waals surface area contributed by atoms with Gasteiger partial charge in [-0.3, -0.25) is 10.2 Å². The molecular weight excluding hydrogens is 458 g/mol. The van der Waals surface area contributed by atoms with Crippen LogP contribution < -0.4 is 16.4 Å². The molecule has 1 saturated carbocycles. The monoisotopic (exact) mass is 487 g/mol. The van der Waals surface area contributed by atoms with Crippen LogP contribution in [0.4, 0.5) is 4.79 Å². The largest absolute Gasteiger partial charge is 0.373 e. The van der Waals surface area contributed by atoms with Gasteiger partial charge in [0.1, 0.15) is 10.8 Å². The van der Waals surface area contributed by atoms with Crippen molar-refractivity contribution in [2.24, 2.45) is 5.73 Å². The predicted octanol–water partition coefficient (Wildman–Crippen LogP) is 0.997. The summed E-state index contributed by atoms with van der Waals surface area (Å²) >= 11 is 0. The van der Waals surface area contributed by atoms with E-state index in [4.69, 9.17) is 15.9 Å². The van der Waals surface area contributed by atoms with Gasteiger partial charge in [-0.05, 0) is 42.7 Å².